The van der Waals surface area contributed by atoms with E-state index in [4.69, 9.17) is 0 Å². The maximum absolute atomic E-state index is 12.7. The number of benzene rings is 1. The van der Waals surface area contributed by atoms with Gasteiger partial charge >= 0.3 is 0 Å². The Morgan fingerprint density at radius 3 is 2.56 bits per heavy atom. The molecule has 1 N–H and O–H groups in total. The van der Waals surface area contributed by atoms with Gasteiger partial charge < -0.3 is 10.2 Å². The maximum Gasteiger partial charge on any atom is 0.270 e. The molecule has 1 aromatic rings. The van der Waals surface area contributed by atoms with Crippen molar-refractivity contribution >= 4 is 34.0 Å². The van der Waals surface area contributed by atoms with Crippen LogP contribution >= 0.6 is 12.4 Å². The van der Waals surface area contributed by atoms with E-state index < -0.39 is 14.9 Å². The molecule has 150 valence electrons. The van der Waals surface area contributed by atoms with Crippen LogP contribution < -0.4 is 5.32 Å². The van der Waals surface area contributed by atoms with E-state index in [0.717, 1.165) is 25.5 Å². The lowest BCUT2D eigenvalue weighted by molar-refractivity contribution is -0.385. The third-order valence-corrected chi connectivity index (χ3v) is 6.74. The van der Waals surface area contributed by atoms with Crippen molar-refractivity contribution in [2.75, 3.05) is 32.7 Å². The summed E-state index contributed by atoms with van der Waals surface area (Å²) in [6.07, 6.45) is 2.51. The monoisotopic (exact) mass is 418 g/mol. The Bertz CT molecular complexity index is 790. The largest absolute Gasteiger partial charge is 0.340 e. The number of nitrogens with zero attached hydrogens (tertiary/aromatic N) is 3. The molecule has 1 unspecified atom stereocenters. The maximum atomic E-state index is 12.7. The van der Waals surface area contributed by atoms with Crippen LogP contribution in [0.5, 0.6) is 0 Å². The van der Waals surface area contributed by atoms with E-state index in [1.807, 2.05) is 0 Å². The molecule has 0 saturated carbocycles. The van der Waals surface area contributed by atoms with E-state index in [1.165, 1.54) is 22.5 Å². The first-order chi connectivity index (χ1) is 12.4. The number of hydrogen-bond donors (Lipinski definition) is 1. The molecule has 2 saturated heterocycles. The normalized spacial score (nSPS) is 20.9. The first kappa shape index (κ1) is 21.5. The average Bonchev–Trinajstić information content (AvgIpc) is 3.15. The van der Waals surface area contributed by atoms with Crippen molar-refractivity contribution in [2.24, 2.45) is 0 Å². The molecule has 2 heterocycles. The number of nitro benzene ring substituents is 1. The summed E-state index contributed by atoms with van der Waals surface area (Å²) in [5.74, 6) is 0.0387. The van der Waals surface area contributed by atoms with Crippen molar-refractivity contribution in [1.82, 2.24) is 14.5 Å². The van der Waals surface area contributed by atoms with E-state index >= 15 is 0 Å². The Morgan fingerprint density at radius 1 is 1.26 bits per heavy atom. The van der Waals surface area contributed by atoms with Crippen molar-refractivity contribution in [2.45, 2.75) is 30.2 Å². The van der Waals surface area contributed by atoms with Gasteiger partial charge in [-0.25, -0.2) is 8.42 Å². The Kier molecular flexibility index (Phi) is 7.15. The summed E-state index contributed by atoms with van der Waals surface area (Å²) in [4.78, 5) is 24.2. The van der Waals surface area contributed by atoms with E-state index in [0.29, 0.717) is 19.5 Å². The Labute approximate surface area is 164 Å². The highest BCUT2D eigenvalue weighted by Crippen LogP contribution is 2.22. The van der Waals surface area contributed by atoms with Crippen molar-refractivity contribution in [3.8, 4) is 0 Å². The summed E-state index contributed by atoms with van der Waals surface area (Å²) in [6, 6.07) is 5.25. The van der Waals surface area contributed by atoms with Crippen molar-refractivity contribution in [1.29, 1.82) is 0 Å². The molecule has 0 aliphatic carbocycles. The summed E-state index contributed by atoms with van der Waals surface area (Å²) in [6.45, 7) is 1.98. The summed E-state index contributed by atoms with van der Waals surface area (Å²) in [5.41, 5.74) is -0.260. The Hall–Kier alpha value is -1.75. The summed E-state index contributed by atoms with van der Waals surface area (Å²) >= 11 is 0. The van der Waals surface area contributed by atoms with Crippen LogP contribution in [0.25, 0.3) is 0 Å². The standard InChI is InChI=1S/C16H22N4O5S.ClH/c21-16(11-13-3-2-6-17-13)18-7-9-19(10-8-18)26(24,25)15-5-1-4-14(12-15)20(22)23;/h1,4-5,12-13,17H,2-3,6-11H2;1H. The van der Waals surface area contributed by atoms with Gasteiger partial charge in [0.15, 0.2) is 0 Å². The molecule has 3 rings (SSSR count). The van der Waals surface area contributed by atoms with Crippen LogP contribution in [0, 0.1) is 10.1 Å². The predicted molar refractivity (Wildman–Crippen MR) is 101 cm³/mol. The van der Waals surface area contributed by atoms with Crippen LogP contribution in [-0.2, 0) is 14.8 Å². The number of halogens is 1. The zero-order valence-corrected chi connectivity index (χ0v) is 16.4. The first-order valence-corrected chi connectivity index (χ1v) is 10.1. The SMILES string of the molecule is Cl.O=C(CC1CCCN1)N1CCN(S(=O)(=O)c2cccc([N+](=O)[O-])c2)CC1. The fourth-order valence-corrected chi connectivity index (χ4v) is 4.82. The minimum absolute atomic E-state index is 0. The van der Waals surface area contributed by atoms with Gasteiger partial charge in [0.1, 0.15) is 0 Å². The van der Waals surface area contributed by atoms with Gasteiger partial charge in [-0.15, -0.1) is 12.4 Å². The molecule has 2 aliphatic heterocycles. The molecule has 2 fully saturated rings. The van der Waals surface area contributed by atoms with Crippen LogP contribution in [0.15, 0.2) is 29.2 Å². The average molecular weight is 419 g/mol. The van der Waals surface area contributed by atoms with Gasteiger partial charge in [-0.2, -0.15) is 4.31 Å². The van der Waals surface area contributed by atoms with Gasteiger partial charge in [-0.3, -0.25) is 14.9 Å². The number of nitro groups is 1. The second kappa shape index (κ2) is 8.96. The number of carbonyl (C=O) groups excluding carboxylic acids is 1. The molecular weight excluding hydrogens is 396 g/mol. The van der Waals surface area contributed by atoms with Crippen LogP contribution in [0.1, 0.15) is 19.3 Å². The minimum atomic E-state index is -3.81. The van der Waals surface area contributed by atoms with E-state index in [-0.39, 0.29) is 48.0 Å². The van der Waals surface area contributed by atoms with Crippen molar-refractivity contribution in [3.05, 3.63) is 34.4 Å². The molecule has 1 atom stereocenters. The van der Waals surface area contributed by atoms with E-state index in [2.05, 4.69) is 5.32 Å². The zero-order chi connectivity index (χ0) is 18.7. The third-order valence-electron chi connectivity index (χ3n) is 4.84. The number of hydrogen-bond acceptors (Lipinski definition) is 6. The highest BCUT2D eigenvalue weighted by molar-refractivity contribution is 7.89. The van der Waals surface area contributed by atoms with Gasteiger partial charge in [0.05, 0.1) is 9.82 Å². The Morgan fingerprint density at radius 2 is 1.96 bits per heavy atom. The topological polar surface area (TPSA) is 113 Å². The molecule has 0 bridgehead atoms. The zero-order valence-electron chi connectivity index (χ0n) is 14.7. The molecular formula is C16H23ClN4O5S. The van der Waals surface area contributed by atoms with E-state index in [1.54, 1.807) is 4.90 Å². The molecule has 11 heteroatoms. The lowest BCUT2D eigenvalue weighted by atomic mass is 10.1. The number of non-ortho nitro benzene ring substituents is 1. The highest BCUT2D eigenvalue weighted by atomic mass is 35.5. The summed E-state index contributed by atoms with van der Waals surface area (Å²) in [7, 11) is -3.81. The van der Waals surface area contributed by atoms with Crippen molar-refractivity contribution < 1.29 is 18.1 Å². The molecule has 1 amide bonds. The summed E-state index contributed by atoms with van der Waals surface area (Å²) in [5, 5.41) is 14.2. The smallest absolute Gasteiger partial charge is 0.270 e. The van der Waals surface area contributed by atoms with Crippen LogP contribution in [0.2, 0.25) is 0 Å². The number of sulfonamides is 1. The number of piperazine rings is 1. The second-order valence-corrected chi connectivity index (χ2v) is 8.47. The summed E-state index contributed by atoms with van der Waals surface area (Å²) < 4.78 is 26.7. The fourth-order valence-electron chi connectivity index (χ4n) is 3.36. The van der Waals surface area contributed by atoms with Crippen LogP contribution in [0.4, 0.5) is 5.69 Å². The molecule has 2 aliphatic rings. The molecule has 0 spiro atoms. The minimum Gasteiger partial charge on any atom is -0.340 e. The number of carbonyl (C=O) groups is 1. The number of amides is 1. The fraction of sp³-hybridized carbons (Fsp3) is 0.562. The molecule has 27 heavy (non-hydrogen) atoms. The van der Waals surface area contributed by atoms with Gasteiger partial charge in [-0.05, 0) is 25.5 Å². The lowest BCUT2D eigenvalue weighted by Gasteiger charge is -2.34. The van der Waals surface area contributed by atoms with Crippen LogP contribution in [0.3, 0.4) is 0 Å². The predicted octanol–water partition coefficient (Wildman–Crippen LogP) is 0.992. The molecule has 9 nitrogen and oxygen atoms in total. The second-order valence-electron chi connectivity index (χ2n) is 6.54. The van der Waals surface area contributed by atoms with Gasteiger partial charge in [-0.1, -0.05) is 6.07 Å². The third kappa shape index (κ3) is 4.95. The number of nitrogens with one attached hydrogen (secondary N) is 1. The highest BCUT2D eigenvalue weighted by Gasteiger charge is 2.31. The molecule has 0 radical (unpaired) electrons. The lowest BCUT2D eigenvalue weighted by Crippen LogP contribution is -2.51. The Balaban J connectivity index is 0.00000261. The van der Waals surface area contributed by atoms with Gasteiger partial charge in [0.25, 0.3) is 5.69 Å². The molecule has 1 aromatic carbocycles. The van der Waals surface area contributed by atoms with Gasteiger partial charge in [0.2, 0.25) is 15.9 Å². The van der Waals surface area contributed by atoms with Crippen LogP contribution in [-0.4, -0.2) is 67.2 Å². The number of rotatable bonds is 5. The quantitative estimate of drug-likeness (QED) is 0.563. The molecule has 0 aromatic heterocycles. The van der Waals surface area contributed by atoms with E-state index in [9.17, 15) is 23.3 Å². The first-order valence-electron chi connectivity index (χ1n) is 8.64. The van der Waals surface area contributed by atoms with Crippen molar-refractivity contribution in [3.63, 3.8) is 0 Å². The van der Waals surface area contributed by atoms with Gasteiger partial charge in [0, 0.05) is 50.8 Å².